The van der Waals surface area contributed by atoms with Crippen molar-refractivity contribution in [3.05, 3.63) is 24.0 Å². The summed E-state index contributed by atoms with van der Waals surface area (Å²) in [6.07, 6.45) is 3.99. The fourth-order valence-corrected chi connectivity index (χ4v) is 0.858. The Bertz CT molecular complexity index is 314. The SMILES string of the molecule is CCC(=O)NN=Cc1cccn1C. The zero-order valence-electron chi connectivity index (χ0n) is 7.82. The van der Waals surface area contributed by atoms with Gasteiger partial charge in [0.25, 0.3) is 0 Å². The van der Waals surface area contributed by atoms with Gasteiger partial charge in [-0.1, -0.05) is 6.92 Å². The fourth-order valence-electron chi connectivity index (χ4n) is 0.858. The lowest BCUT2D eigenvalue weighted by molar-refractivity contribution is -0.120. The predicted octanol–water partition coefficient (Wildman–Crippen LogP) is 0.885. The van der Waals surface area contributed by atoms with Gasteiger partial charge in [-0.25, -0.2) is 5.43 Å². The van der Waals surface area contributed by atoms with Crippen LogP contribution in [0.4, 0.5) is 0 Å². The van der Waals surface area contributed by atoms with Crippen molar-refractivity contribution in [3.8, 4) is 0 Å². The molecule has 0 aliphatic rings. The molecular weight excluding hydrogens is 166 g/mol. The minimum atomic E-state index is -0.0783. The third-order valence-corrected chi connectivity index (χ3v) is 1.69. The van der Waals surface area contributed by atoms with Gasteiger partial charge in [0.05, 0.1) is 11.9 Å². The molecule has 0 bridgehead atoms. The van der Waals surface area contributed by atoms with Gasteiger partial charge >= 0.3 is 0 Å². The average Bonchev–Trinajstić information content (AvgIpc) is 2.52. The van der Waals surface area contributed by atoms with E-state index in [9.17, 15) is 4.79 Å². The van der Waals surface area contributed by atoms with Crippen LogP contribution in [-0.2, 0) is 11.8 Å². The van der Waals surface area contributed by atoms with Crippen LogP contribution >= 0.6 is 0 Å². The number of aryl methyl sites for hydroxylation is 1. The van der Waals surface area contributed by atoms with Crippen LogP contribution in [0.5, 0.6) is 0 Å². The summed E-state index contributed by atoms with van der Waals surface area (Å²) < 4.78 is 1.92. The minimum absolute atomic E-state index is 0.0783. The van der Waals surface area contributed by atoms with Gasteiger partial charge in [0.1, 0.15) is 0 Å². The van der Waals surface area contributed by atoms with Crippen LogP contribution < -0.4 is 5.43 Å². The number of rotatable bonds is 3. The van der Waals surface area contributed by atoms with E-state index >= 15 is 0 Å². The molecule has 4 heteroatoms. The largest absolute Gasteiger partial charge is 0.350 e. The molecular formula is C9H13N3O. The molecule has 0 spiro atoms. The van der Waals surface area contributed by atoms with Crippen molar-refractivity contribution in [1.29, 1.82) is 0 Å². The lowest BCUT2D eigenvalue weighted by Crippen LogP contribution is -2.15. The minimum Gasteiger partial charge on any atom is -0.350 e. The normalized spacial score (nSPS) is 10.6. The van der Waals surface area contributed by atoms with Crippen LogP contribution in [-0.4, -0.2) is 16.7 Å². The van der Waals surface area contributed by atoms with E-state index in [4.69, 9.17) is 0 Å². The van der Waals surface area contributed by atoms with Crippen molar-refractivity contribution >= 4 is 12.1 Å². The predicted molar refractivity (Wildman–Crippen MR) is 51.4 cm³/mol. The molecule has 0 aliphatic carbocycles. The van der Waals surface area contributed by atoms with Crippen molar-refractivity contribution in [3.63, 3.8) is 0 Å². The summed E-state index contributed by atoms with van der Waals surface area (Å²) >= 11 is 0. The molecule has 1 heterocycles. The number of nitrogens with one attached hydrogen (secondary N) is 1. The van der Waals surface area contributed by atoms with Crippen LogP contribution in [0.25, 0.3) is 0 Å². The Morgan fingerprint density at radius 2 is 2.54 bits per heavy atom. The second-order valence-electron chi connectivity index (χ2n) is 2.69. The molecule has 0 atom stereocenters. The molecule has 0 radical (unpaired) electrons. The number of carbonyl (C=O) groups excluding carboxylic acids is 1. The van der Waals surface area contributed by atoms with E-state index in [1.165, 1.54) is 0 Å². The summed E-state index contributed by atoms with van der Waals surface area (Å²) in [5.41, 5.74) is 3.37. The molecule has 0 fully saturated rings. The number of nitrogens with zero attached hydrogens (tertiary/aromatic N) is 2. The summed E-state index contributed by atoms with van der Waals surface area (Å²) in [6.45, 7) is 1.79. The van der Waals surface area contributed by atoms with Gasteiger partial charge in [0.2, 0.25) is 5.91 Å². The standard InChI is InChI=1S/C9H13N3O/c1-3-9(13)11-10-7-8-5-4-6-12(8)2/h4-7H,3H2,1-2H3,(H,11,13). The summed E-state index contributed by atoms with van der Waals surface area (Å²) in [4.78, 5) is 10.8. The molecule has 1 amide bonds. The molecule has 13 heavy (non-hydrogen) atoms. The molecule has 0 aliphatic heterocycles. The highest BCUT2D eigenvalue weighted by atomic mass is 16.2. The van der Waals surface area contributed by atoms with Gasteiger partial charge in [-0.2, -0.15) is 5.10 Å². The smallest absolute Gasteiger partial charge is 0.239 e. The lowest BCUT2D eigenvalue weighted by atomic mass is 10.5. The maximum Gasteiger partial charge on any atom is 0.239 e. The van der Waals surface area contributed by atoms with E-state index in [-0.39, 0.29) is 5.91 Å². The molecule has 1 rings (SSSR count). The summed E-state index contributed by atoms with van der Waals surface area (Å²) in [5.74, 6) is -0.0783. The Kier molecular flexibility index (Phi) is 3.25. The first-order chi connectivity index (χ1) is 6.24. The van der Waals surface area contributed by atoms with Gasteiger partial charge < -0.3 is 4.57 Å². The van der Waals surface area contributed by atoms with Crippen molar-refractivity contribution in [2.24, 2.45) is 12.1 Å². The van der Waals surface area contributed by atoms with Crippen LogP contribution in [0.1, 0.15) is 19.0 Å². The first-order valence-electron chi connectivity index (χ1n) is 4.17. The van der Waals surface area contributed by atoms with Crippen LogP contribution in [0.15, 0.2) is 23.4 Å². The molecule has 0 saturated heterocycles. The number of hydrogen-bond donors (Lipinski definition) is 1. The monoisotopic (exact) mass is 179 g/mol. The lowest BCUT2D eigenvalue weighted by Gasteiger charge is -1.96. The van der Waals surface area contributed by atoms with Crippen LogP contribution in [0.2, 0.25) is 0 Å². The second kappa shape index (κ2) is 4.45. The average molecular weight is 179 g/mol. The molecule has 0 unspecified atom stereocenters. The number of carbonyl (C=O) groups is 1. The van der Waals surface area contributed by atoms with E-state index in [1.807, 2.05) is 29.9 Å². The number of aromatic nitrogens is 1. The molecule has 1 aromatic heterocycles. The van der Waals surface area contributed by atoms with Crippen molar-refractivity contribution in [1.82, 2.24) is 9.99 Å². The first kappa shape index (κ1) is 9.51. The van der Waals surface area contributed by atoms with Gasteiger partial charge in [-0.05, 0) is 12.1 Å². The maximum atomic E-state index is 10.8. The Morgan fingerprint density at radius 3 is 3.08 bits per heavy atom. The third kappa shape index (κ3) is 2.74. The first-order valence-corrected chi connectivity index (χ1v) is 4.17. The van der Waals surface area contributed by atoms with E-state index < -0.39 is 0 Å². The summed E-state index contributed by atoms with van der Waals surface area (Å²) in [5, 5.41) is 3.80. The number of hydrazone groups is 1. The number of amides is 1. The molecule has 4 nitrogen and oxygen atoms in total. The Balaban J connectivity index is 2.50. The van der Waals surface area contributed by atoms with Crippen molar-refractivity contribution < 1.29 is 4.79 Å². The Labute approximate surface area is 77.3 Å². The highest BCUT2D eigenvalue weighted by molar-refractivity contribution is 5.80. The fraction of sp³-hybridized carbons (Fsp3) is 0.333. The van der Waals surface area contributed by atoms with Gasteiger partial charge in [0, 0.05) is 19.7 Å². The zero-order valence-corrected chi connectivity index (χ0v) is 7.82. The quantitative estimate of drug-likeness (QED) is 0.543. The van der Waals surface area contributed by atoms with Crippen LogP contribution in [0, 0.1) is 0 Å². The van der Waals surface area contributed by atoms with E-state index in [1.54, 1.807) is 13.1 Å². The zero-order chi connectivity index (χ0) is 9.68. The highest BCUT2D eigenvalue weighted by Gasteiger charge is 1.93. The topological polar surface area (TPSA) is 46.4 Å². The van der Waals surface area contributed by atoms with Gasteiger partial charge in [-0.15, -0.1) is 0 Å². The van der Waals surface area contributed by atoms with Gasteiger partial charge in [-0.3, -0.25) is 4.79 Å². The molecule has 1 aromatic rings. The maximum absolute atomic E-state index is 10.8. The Morgan fingerprint density at radius 1 is 1.77 bits per heavy atom. The molecule has 0 saturated carbocycles. The highest BCUT2D eigenvalue weighted by Crippen LogP contribution is 1.94. The van der Waals surface area contributed by atoms with E-state index in [0.29, 0.717) is 6.42 Å². The van der Waals surface area contributed by atoms with Crippen molar-refractivity contribution in [2.45, 2.75) is 13.3 Å². The van der Waals surface area contributed by atoms with Crippen molar-refractivity contribution in [2.75, 3.05) is 0 Å². The molecule has 0 aromatic carbocycles. The Hall–Kier alpha value is -1.58. The summed E-state index contributed by atoms with van der Waals surface area (Å²) in [7, 11) is 1.92. The van der Waals surface area contributed by atoms with E-state index in [2.05, 4.69) is 10.5 Å². The molecule has 1 N–H and O–H groups in total. The third-order valence-electron chi connectivity index (χ3n) is 1.69. The second-order valence-corrected chi connectivity index (χ2v) is 2.69. The molecule has 70 valence electrons. The van der Waals surface area contributed by atoms with E-state index in [0.717, 1.165) is 5.69 Å². The van der Waals surface area contributed by atoms with Crippen LogP contribution in [0.3, 0.4) is 0 Å². The van der Waals surface area contributed by atoms with Gasteiger partial charge in [0.15, 0.2) is 0 Å². The number of hydrogen-bond acceptors (Lipinski definition) is 2. The summed E-state index contributed by atoms with van der Waals surface area (Å²) in [6, 6.07) is 3.84.